The van der Waals surface area contributed by atoms with Crippen LogP contribution in [0.5, 0.6) is 5.88 Å². The predicted octanol–water partition coefficient (Wildman–Crippen LogP) is 3.20. The number of aliphatic hydroxyl groups excluding tert-OH is 1. The molecule has 0 radical (unpaired) electrons. The molecule has 0 aliphatic carbocycles. The summed E-state index contributed by atoms with van der Waals surface area (Å²) in [5.74, 6) is 0.0501. The second kappa shape index (κ2) is 9.43. The molecule has 1 atom stereocenters. The van der Waals surface area contributed by atoms with E-state index in [-0.39, 0.29) is 24.3 Å². The fourth-order valence-electron chi connectivity index (χ4n) is 3.53. The highest BCUT2D eigenvalue weighted by atomic mass is 35.5. The average molecular weight is 467 g/mol. The van der Waals surface area contributed by atoms with Crippen LogP contribution in [0.4, 0.5) is 5.95 Å². The number of methoxy groups -OCH3 is 1. The van der Waals surface area contributed by atoms with E-state index in [4.69, 9.17) is 22.1 Å². The number of amides is 1. The third-order valence-corrected chi connectivity index (χ3v) is 5.49. The Morgan fingerprint density at radius 1 is 1.24 bits per heavy atom. The molecule has 4 N–H and O–H groups in total. The lowest BCUT2D eigenvalue weighted by molar-refractivity contribution is 0.0939. The smallest absolute Gasteiger partial charge is 0.256 e. The number of hydrogen-bond acceptors (Lipinski definition) is 7. The molecule has 9 nitrogen and oxygen atoms in total. The topological polar surface area (TPSA) is 128 Å². The summed E-state index contributed by atoms with van der Waals surface area (Å²) in [5.41, 5.74) is 9.55. The van der Waals surface area contributed by atoms with Crippen molar-refractivity contribution in [1.82, 2.24) is 24.9 Å². The summed E-state index contributed by atoms with van der Waals surface area (Å²) in [5, 5.41) is 17.9. The summed E-state index contributed by atoms with van der Waals surface area (Å²) in [4.78, 5) is 21.6. The predicted molar refractivity (Wildman–Crippen MR) is 125 cm³/mol. The Hall–Kier alpha value is -3.69. The SMILES string of the molecule is COc1nc(C)c(-c2ccn3nc(N)nc3c2)cc1C(=O)NCC[C@H](O)c1ccc(Cl)cc1. The van der Waals surface area contributed by atoms with Gasteiger partial charge in [0.2, 0.25) is 11.8 Å². The Kier molecular flexibility index (Phi) is 6.43. The molecule has 0 aliphatic rings. The molecule has 1 amide bonds. The molecule has 3 aromatic heterocycles. The molecule has 3 heterocycles. The molecule has 0 saturated carbocycles. The minimum absolute atomic E-state index is 0.178. The number of fused-ring (bicyclic) bond motifs is 1. The number of anilines is 1. The number of nitrogens with two attached hydrogens (primary N) is 1. The van der Waals surface area contributed by atoms with E-state index < -0.39 is 6.10 Å². The number of hydrogen-bond donors (Lipinski definition) is 3. The van der Waals surface area contributed by atoms with Crippen molar-refractivity contribution in [1.29, 1.82) is 0 Å². The molecule has 10 heteroatoms. The van der Waals surface area contributed by atoms with Crippen molar-refractivity contribution in [2.45, 2.75) is 19.4 Å². The highest BCUT2D eigenvalue weighted by molar-refractivity contribution is 6.30. The van der Waals surface area contributed by atoms with Crippen molar-refractivity contribution in [3.05, 3.63) is 70.5 Å². The van der Waals surface area contributed by atoms with Gasteiger partial charge in [-0.05, 0) is 54.8 Å². The van der Waals surface area contributed by atoms with Crippen molar-refractivity contribution in [3.8, 4) is 17.0 Å². The molecular weight excluding hydrogens is 444 g/mol. The van der Waals surface area contributed by atoms with Gasteiger partial charge in [-0.25, -0.2) is 9.50 Å². The first-order chi connectivity index (χ1) is 15.9. The second-order valence-electron chi connectivity index (χ2n) is 7.48. The van der Waals surface area contributed by atoms with Gasteiger partial charge in [0.15, 0.2) is 5.65 Å². The Labute approximate surface area is 195 Å². The van der Waals surface area contributed by atoms with Crippen LogP contribution in [-0.2, 0) is 0 Å². The number of carbonyl (C=O) groups excluding carboxylic acids is 1. The third-order valence-electron chi connectivity index (χ3n) is 5.24. The number of nitrogens with one attached hydrogen (secondary N) is 1. The number of halogens is 1. The molecule has 1 aromatic carbocycles. The number of pyridine rings is 2. The zero-order valence-corrected chi connectivity index (χ0v) is 18.9. The Morgan fingerprint density at radius 3 is 2.73 bits per heavy atom. The van der Waals surface area contributed by atoms with Crippen molar-refractivity contribution in [2.24, 2.45) is 0 Å². The molecule has 0 aliphatic heterocycles. The second-order valence-corrected chi connectivity index (χ2v) is 7.91. The summed E-state index contributed by atoms with van der Waals surface area (Å²) in [6, 6.07) is 12.4. The summed E-state index contributed by atoms with van der Waals surface area (Å²) in [6.07, 6.45) is 1.36. The summed E-state index contributed by atoms with van der Waals surface area (Å²) < 4.78 is 6.92. The van der Waals surface area contributed by atoms with E-state index in [1.165, 1.54) is 7.11 Å². The standard InChI is InChI=1S/C23H23ClN6O3/c1-13-17(15-8-10-30-20(11-15)28-23(25)29-30)12-18(22(27-13)33-2)21(32)26-9-7-19(31)14-3-5-16(24)6-4-14/h3-6,8,10-12,19,31H,7,9H2,1-2H3,(H2,25,29)(H,26,32)/t19-/m0/s1. The zero-order chi connectivity index (χ0) is 23.5. The number of nitrogen functional groups attached to an aromatic ring is 1. The first-order valence-electron chi connectivity index (χ1n) is 10.3. The van der Waals surface area contributed by atoms with Crippen LogP contribution in [0.25, 0.3) is 16.8 Å². The number of aromatic nitrogens is 4. The van der Waals surface area contributed by atoms with Gasteiger partial charge in [0.05, 0.1) is 13.2 Å². The number of nitrogens with zero attached hydrogens (tertiary/aromatic N) is 4. The monoisotopic (exact) mass is 466 g/mol. The first-order valence-corrected chi connectivity index (χ1v) is 10.6. The van der Waals surface area contributed by atoms with Gasteiger partial charge in [-0.2, -0.15) is 4.98 Å². The molecule has 0 unspecified atom stereocenters. The van der Waals surface area contributed by atoms with Gasteiger partial charge in [-0.1, -0.05) is 23.7 Å². The number of rotatable bonds is 7. The average Bonchev–Trinajstić information content (AvgIpc) is 3.18. The number of ether oxygens (including phenoxy) is 1. The fourth-order valence-corrected chi connectivity index (χ4v) is 3.66. The van der Waals surface area contributed by atoms with E-state index in [0.717, 1.165) is 16.7 Å². The van der Waals surface area contributed by atoms with Gasteiger partial charge in [-0.15, -0.1) is 5.10 Å². The van der Waals surface area contributed by atoms with Gasteiger partial charge in [0.1, 0.15) is 5.56 Å². The van der Waals surface area contributed by atoms with Crippen molar-refractivity contribution in [2.75, 3.05) is 19.4 Å². The van der Waals surface area contributed by atoms with Crippen LogP contribution in [-0.4, -0.2) is 44.3 Å². The number of aryl methyl sites for hydroxylation is 1. The fraction of sp³-hybridized carbons (Fsp3) is 0.217. The lowest BCUT2D eigenvalue weighted by Crippen LogP contribution is -2.26. The molecule has 4 rings (SSSR count). The molecule has 33 heavy (non-hydrogen) atoms. The highest BCUT2D eigenvalue weighted by Gasteiger charge is 2.18. The van der Waals surface area contributed by atoms with E-state index in [1.54, 1.807) is 41.0 Å². The summed E-state index contributed by atoms with van der Waals surface area (Å²) in [6.45, 7) is 2.10. The zero-order valence-electron chi connectivity index (χ0n) is 18.1. The summed E-state index contributed by atoms with van der Waals surface area (Å²) >= 11 is 5.89. The molecule has 0 fully saturated rings. The Morgan fingerprint density at radius 2 is 2.00 bits per heavy atom. The Balaban J connectivity index is 1.53. The highest BCUT2D eigenvalue weighted by Crippen LogP contribution is 2.28. The van der Waals surface area contributed by atoms with Crippen LogP contribution in [0, 0.1) is 6.92 Å². The number of carbonyl (C=O) groups is 1. The summed E-state index contributed by atoms with van der Waals surface area (Å²) in [7, 11) is 1.47. The van der Waals surface area contributed by atoms with E-state index in [9.17, 15) is 9.90 Å². The van der Waals surface area contributed by atoms with Crippen LogP contribution in [0.1, 0.15) is 34.1 Å². The number of aliphatic hydroxyl groups is 1. The van der Waals surface area contributed by atoms with Crippen LogP contribution in [0.15, 0.2) is 48.7 Å². The van der Waals surface area contributed by atoms with E-state index in [1.807, 2.05) is 19.1 Å². The van der Waals surface area contributed by atoms with Gasteiger partial charge in [-0.3, -0.25) is 4.79 Å². The van der Waals surface area contributed by atoms with Crippen LogP contribution < -0.4 is 15.8 Å². The maximum Gasteiger partial charge on any atom is 0.256 e. The van der Waals surface area contributed by atoms with E-state index >= 15 is 0 Å². The van der Waals surface area contributed by atoms with Gasteiger partial charge in [0.25, 0.3) is 5.91 Å². The minimum atomic E-state index is -0.724. The third kappa shape index (κ3) is 4.89. The van der Waals surface area contributed by atoms with Crippen LogP contribution in [0.2, 0.25) is 5.02 Å². The Bertz CT molecular complexity index is 1310. The van der Waals surface area contributed by atoms with Gasteiger partial charge >= 0.3 is 0 Å². The van der Waals surface area contributed by atoms with Gasteiger partial charge in [0, 0.05) is 29.0 Å². The van der Waals surface area contributed by atoms with E-state index in [0.29, 0.717) is 28.3 Å². The van der Waals surface area contributed by atoms with Crippen LogP contribution in [0.3, 0.4) is 0 Å². The normalized spacial score (nSPS) is 12.0. The number of benzene rings is 1. The van der Waals surface area contributed by atoms with Crippen LogP contribution >= 0.6 is 11.6 Å². The largest absolute Gasteiger partial charge is 0.480 e. The maximum absolute atomic E-state index is 12.9. The molecule has 170 valence electrons. The van der Waals surface area contributed by atoms with E-state index in [2.05, 4.69) is 20.4 Å². The van der Waals surface area contributed by atoms with Crippen molar-refractivity contribution < 1.29 is 14.6 Å². The maximum atomic E-state index is 12.9. The quantitative estimate of drug-likeness (QED) is 0.381. The minimum Gasteiger partial charge on any atom is -0.480 e. The molecule has 4 aromatic rings. The molecular formula is C23H23ClN6O3. The first kappa shape index (κ1) is 22.5. The van der Waals surface area contributed by atoms with Crippen molar-refractivity contribution >= 4 is 29.1 Å². The lowest BCUT2D eigenvalue weighted by Gasteiger charge is -2.14. The van der Waals surface area contributed by atoms with Gasteiger partial charge < -0.3 is 20.9 Å². The lowest BCUT2D eigenvalue weighted by atomic mass is 10.0. The molecule has 0 saturated heterocycles. The van der Waals surface area contributed by atoms with Crippen molar-refractivity contribution in [3.63, 3.8) is 0 Å². The molecule has 0 spiro atoms. The molecule has 0 bridgehead atoms.